The van der Waals surface area contributed by atoms with Crippen LogP contribution in [0, 0.1) is 3.57 Å². The summed E-state index contributed by atoms with van der Waals surface area (Å²) in [6, 6.07) is 7.96. The first-order chi connectivity index (χ1) is 8.65. The summed E-state index contributed by atoms with van der Waals surface area (Å²) in [5, 5.41) is 9.59. The van der Waals surface area contributed by atoms with Gasteiger partial charge in [-0.15, -0.1) is 0 Å². The molecule has 1 aromatic heterocycles. The van der Waals surface area contributed by atoms with Crippen LogP contribution >= 0.6 is 22.6 Å². The molecule has 0 unspecified atom stereocenters. The molecule has 1 fully saturated rings. The molecule has 1 aliphatic rings. The van der Waals surface area contributed by atoms with E-state index in [9.17, 15) is 9.90 Å². The van der Waals surface area contributed by atoms with E-state index in [1.54, 1.807) is 22.6 Å². The Bertz CT molecular complexity index is 662. The van der Waals surface area contributed by atoms with Crippen molar-refractivity contribution in [1.82, 2.24) is 9.97 Å². The molecule has 1 aromatic carbocycles. The Hall–Kier alpha value is -1.37. The molecular formula is C13H11IN2O2. The van der Waals surface area contributed by atoms with Gasteiger partial charge in [-0.2, -0.15) is 4.98 Å². The van der Waals surface area contributed by atoms with Gasteiger partial charge in [-0.05, 0) is 53.0 Å². The first kappa shape index (κ1) is 11.7. The van der Waals surface area contributed by atoms with Crippen molar-refractivity contribution in [3.8, 4) is 17.3 Å². The quantitative estimate of drug-likeness (QED) is 0.815. The number of halogens is 1. The van der Waals surface area contributed by atoms with Gasteiger partial charge in [0.05, 0.1) is 0 Å². The maximum absolute atomic E-state index is 11.6. The molecule has 0 radical (unpaired) electrons. The third-order valence-corrected chi connectivity index (χ3v) is 4.03. The van der Waals surface area contributed by atoms with Crippen LogP contribution in [0.4, 0.5) is 0 Å². The fourth-order valence-corrected chi connectivity index (χ4v) is 2.20. The molecule has 0 spiro atoms. The number of nitrogens with one attached hydrogen (secondary N) is 1. The molecule has 2 N–H and O–H groups in total. The fraction of sp³-hybridized carbons (Fsp3) is 0.231. The Morgan fingerprint density at radius 3 is 2.83 bits per heavy atom. The lowest BCUT2D eigenvalue weighted by Gasteiger charge is -2.05. The summed E-state index contributed by atoms with van der Waals surface area (Å²) < 4.78 is 0.217. The van der Waals surface area contributed by atoms with Gasteiger partial charge in [0.15, 0.2) is 0 Å². The number of aromatic hydroxyl groups is 1. The zero-order valence-electron chi connectivity index (χ0n) is 9.48. The van der Waals surface area contributed by atoms with Crippen LogP contribution in [0.5, 0.6) is 5.88 Å². The van der Waals surface area contributed by atoms with Crippen molar-refractivity contribution in [2.45, 2.75) is 18.8 Å². The van der Waals surface area contributed by atoms with Crippen molar-refractivity contribution in [1.29, 1.82) is 0 Å². The van der Waals surface area contributed by atoms with Gasteiger partial charge in [-0.3, -0.25) is 4.79 Å². The second-order valence-corrected chi connectivity index (χ2v) is 5.53. The Labute approximate surface area is 117 Å². The van der Waals surface area contributed by atoms with E-state index >= 15 is 0 Å². The lowest BCUT2D eigenvalue weighted by atomic mass is 10.1. The molecule has 1 aliphatic carbocycles. The SMILES string of the molecule is O=c1[nH]c(-c2cccc(C3CC3)c2)nc(O)c1I. The molecule has 1 saturated carbocycles. The van der Waals surface area contributed by atoms with E-state index in [2.05, 4.69) is 16.0 Å². The van der Waals surface area contributed by atoms with Crippen molar-refractivity contribution in [3.63, 3.8) is 0 Å². The van der Waals surface area contributed by atoms with Gasteiger partial charge >= 0.3 is 0 Å². The highest BCUT2D eigenvalue weighted by Crippen LogP contribution is 2.40. The summed E-state index contributed by atoms with van der Waals surface area (Å²) in [4.78, 5) is 18.3. The highest BCUT2D eigenvalue weighted by atomic mass is 127. The summed E-state index contributed by atoms with van der Waals surface area (Å²) in [5.41, 5.74) is 1.80. The van der Waals surface area contributed by atoms with E-state index < -0.39 is 0 Å². The lowest BCUT2D eigenvalue weighted by Crippen LogP contribution is -2.12. The van der Waals surface area contributed by atoms with Crippen molar-refractivity contribution >= 4 is 22.6 Å². The molecule has 1 heterocycles. The van der Waals surface area contributed by atoms with Crippen LogP contribution in [0.3, 0.4) is 0 Å². The summed E-state index contributed by atoms with van der Waals surface area (Å²) in [7, 11) is 0. The summed E-state index contributed by atoms with van der Waals surface area (Å²) >= 11 is 1.78. The number of hydrogen-bond acceptors (Lipinski definition) is 3. The average molecular weight is 354 g/mol. The zero-order valence-corrected chi connectivity index (χ0v) is 11.6. The van der Waals surface area contributed by atoms with Crippen LogP contribution < -0.4 is 5.56 Å². The molecule has 2 aromatic rings. The monoisotopic (exact) mass is 354 g/mol. The minimum Gasteiger partial charge on any atom is -0.492 e. The highest BCUT2D eigenvalue weighted by molar-refractivity contribution is 14.1. The number of H-pyrrole nitrogens is 1. The predicted molar refractivity (Wildman–Crippen MR) is 76.7 cm³/mol. The highest BCUT2D eigenvalue weighted by Gasteiger charge is 2.23. The topological polar surface area (TPSA) is 66.0 Å². The molecular weight excluding hydrogens is 343 g/mol. The smallest absolute Gasteiger partial charge is 0.268 e. The van der Waals surface area contributed by atoms with E-state index in [0.717, 1.165) is 5.56 Å². The zero-order chi connectivity index (χ0) is 12.7. The number of aromatic amines is 1. The summed E-state index contributed by atoms with van der Waals surface area (Å²) in [6.07, 6.45) is 2.46. The average Bonchev–Trinajstić information content (AvgIpc) is 3.20. The number of hydrogen-bond donors (Lipinski definition) is 2. The minimum atomic E-state index is -0.310. The van der Waals surface area contributed by atoms with Crippen LogP contribution in [0.15, 0.2) is 29.1 Å². The Balaban J connectivity index is 2.09. The second-order valence-electron chi connectivity index (χ2n) is 4.45. The standard InChI is InChI=1S/C13H11IN2O2/c14-10-12(17)15-11(16-13(10)18)9-3-1-2-8(6-9)7-4-5-7/h1-3,6-7H,4-5H2,(H2,15,16,17,18). The van der Waals surface area contributed by atoms with Gasteiger partial charge in [-0.1, -0.05) is 18.2 Å². The minimum absolute atomic E-state index is 0.217. The fourth-order valence-electron chi connectivity index (χ4n) is 1.94. The molecule has 0 atom stereocenters. The van der Waals surface area contributed by atoms with Gasteiger partial charge in [0.25, 0.3) is 5.56 Å². The number of rotatable bonds is 2. The van der Waals surface area contributed by atoms with E-state index in [-0.39, 0.29) is 15.0 Å². The van der Waals surface area contributed by atoms with Crippen molar-refractivity contribution in [3.05, 3.63) is 43.8 Å². The molecule has 0 bridgehead atoms. The molecule has 92 valence electrons. The summed E-state index contributed by atoms with van der Waals surface area (Å²) in [6.45, 7) is 0. The molecule has 0 aliphatic heterocycles. The van der Waals surface area contributed by atoms with Crippen molar-refractivity contribution in [2.75, 3.05) is 0 Å². The number of aromatic nitrogens is 2. The molecule has 4 nitrogen and oxygen atoms in total. The molecule has 18 heavy (non-hydrogen) atoms. The van der Waals surface area contributed by atoms with E-state index in [1.165, 1.54) is 18.4 Å². The van der Waals surface area contributed by atoms with Crippen LogP contribution in [-0.4, -0.2) is 15.1 Å². The molecule has 3 rings (SSSR count). The Morgan fingerprint density at radius 2 is 2.17 bits per heavy atom. The van der Waals surface area contributed by atoms with Crippen molar-refractivity contribution in [2.24, 2.45) is 0 Å². The maximum Gasteiger partial charge on any atom is 0.268 e. The Kier molecular flexibility index (Phi) is 2.85. The van der Waals surface area contributed by atoms with Crippen LogP contribution in [0.25, 0.3) is 11.4 Å². The van der Waals surface area contributed by atoms with Crippen LogP contribution in [0.2, 0.25) is 0 Å². The lowest BCUT2D eigenvalue weighted by molar-refractivity contribution is 0.447. The van der Waals surface area contributed by atoms with Gasteiger partial charge in [0.1, 0.15) is 9.39 Å². The molecule has 0 saturated heterocycles. The number of benzene rings is 1. The number of nitrogens with zero attached hydrogens (tertiary/aromatic N) is 1. The molecule has 5 heteroatoms. The first-order valence-corrected chi connectivity index (χ1v) is 6.82. The maximum atomic E-state index is 11.6. The van der Waals surface area contributed by atoms with Crippen LogP contribution in [-0.2, 0) is 0 Å². The van der Waals surface area contributed by atoms with E-state index in [0.29, 0.717) is 11.7 Å². The largest absolute Gasteiger partial charge is 0.492 e. The first-order valence-electron chi connectivity index (χ1n) is 5.74. The second kappa shape index (κ2) is 4.38. The van der Waals surface area contributed by atoms with Crippen LogP contribution in [0.1, 0.15) is 24.3 Å². The third kappa shape index (κ3) is 2.14. The van der Waals surface area contributed by atoms with Gasteiger partial charge in [0, 0.05) is 5.56 Å². The predicted octanol–water partition coefficient (Wildman–Crippen LogP) is 2.62. The summed E-state index contributed by atoms with van der Waals surface area (Å²) in [5.74, 6) is 0.848. The Morgan fingerprint density at radius 1 is 1.39 bits per heavy atom. The van der Waals surface area contributed by atoms with Gasteiger partial charge in [0.2, 0.25) is 5.88 Å². The molecule has 0 amide bonds. The van der Waals surface area contributed by atoms with E-state index in [1.807, 2.05) is 18.2 Å². The van der Waals surface area contributed by atoms with Gasteiger partial charge in [-0.25, -0.2) is 0 Å². The van der Waals surface area contributed by atoms with Crippen molar-refractivity contribution < 1.29 is 5.11 Å². The van der Waals surface area contributed by atoms with E-state index in [4.69, 9.17) is 0 Å². The third-order valence-electron chi connectivity index (χ3n) is 3.05. The van der Waals surface area contributed by atoms with Gasteiger partial charge < -0.3 is 10.1 Å². The normalized spacial score (nSPS) is 14.7.